The van der Waals surface area contributed by atoms with Crippen LogP contribution in [0.4, 0.5) is 0 Å². The third-order valence-electron chi connectivity index (χ3n) is 6.96. The maximum Gasteiger partial charge on any atom is 0.221 e. The number of para-hydroxylation sites is 2. The third kappa shape index (κ3) is 6.30. The van der Waals surface area contributed by atoms with E-state index in [1.807, 2.05) is 79.7 Å². The van der Waals surface area contributed by atoms with Gasteiger partial charge in [-0.2, -0.15) is 0 Å². The maximum absolute atomic E-state index is 12.3. The average Bonchev–Trinajstić information content (AvgIpc) is 2.98. The van der Waals surface area contributed by atoms with Crippen LogP contribution in [0.15, 0.2) is 115 Å². The molecule has 6 nitrogen and oxygen atoms in total. The number of hydrogen-bond donors (Lipinski definition) is 2. The SMILES string of the molecule is COc1ccccc1OCC(O)CN(CC(C)C(N)=O)C(c1ccccc1)(c1ccccc1)c1ccccc1. The molecule has 0 aliphatic carbocycles. The van der Waals surface area contributed by atoms with Gasteiger partial charge in [-0.25, -0.2) is 0 Å². The van der Waals surface area contributed by atoms with Crippen LogP contribution in [0.1, 0.15) is 23.6 Å². The van der Waals surface area contributed by atoms with Gasteiger partial charge >= 0.3 is 0 Å². The van der Waals surface area contributed by atoms with Crippen molar-refractivity contribution in [3.05, 3.63) is 132 Å². The fraction of sp³-hybridized carbons (Fsp3) is 0.242. The topological polar surface area (TPSA) is 85.0 Å². The molecule has 2 unspecified atom stereocenters. The summed E-state index contributed by atoms with van der Waals surface area (Å²) in [5.74, 6) is 0.276. The van der Waals surface area contributed by atoms with Crippen molar-refractivity contribution < 1.29 is 19.4 Å². The zero-order chi connectivity index (χ0) is 27.7. The molecule has 4 aromatic rings. The van der Waals surface area contributed by atoms with Gasteiger partial charge in [-0.3, -0.25) is 9.69 Å². The Bertz CT molecular complexity index is 1220. The lowest BCUT2D eigenvalue weighted by molar-refractivity contribution is -0.122. The number of nitrogens with two attached hydrogens (primary N) is 1. The highest BCUT2D eigenvalue weighted by Gasteiger charge is 2.43. The van der Waals surface area contributed by atoms with Gasteiger partial charge in [0.05, 0.1) is 12.6 Å². The molecular weight excluding hydrogens is 488 g/mol. The molecule has 0 spiro atoms. The van der Waals surface area contributed by atoms with Crippen LogP contribution in [-0.4, -0.2) is 48.8 Å². The van der Waals surface area contributed by atoms with Crippen LogP contribution in [0, 0.1) is 5.92 Å². The lowest BCUT2D eigenvalue weighted by Crippen LogP contribution is -2.54. The normalized spacial score (nSPS) is 13.0. The summed E-state index contributed by atoms with van der Waals surface area (Å²) in [5.41, 5.74) is 7.99. The lowest BCUT2D eigenvalue weighted by atomic mass is 9.75. The Morgan fingerprint density at radius 1 is 0.769 bits per heavy atom. The van der Waals surface area contributed by atoms with Crippen molar-refractivity contribution in [3.63, 3.8) is 0 Å². The minimum atomic E-state index is -0.884. The summed E-state index contributed by atoms with van der Waals surface area (Å²) in [4.78, 5) is 14.5. The molecule has 0 aromatic heterocycles. The first-order valence-corrected chi connectivity index (χ1v) is 13.1. The maximum atomic E-state index is 12.3. The molecule has 0 radical (unpaired) electrons. The Morgan fingerprint density at radius 2 is 1.21 bits per heavy atom. The van der Waals surface area contributed by atoms with Crippen LogP contribution in [0.25, 0.3) is 0 Å². The van der Waals surface area contributed by atoms with E-state index in [-0.39, 0.29) is 13.2 Å². The van der Waals surface area contributed by atoms with E-state index in [9.17, 15) is 9.90 Å². The monoisotopic (exact) mass is 524 g/mol. The Kier molecular flexibility index (Phi) is 9.36. The fourth-order valence-corrected chi connectivity index (χ4v) is 5.09. The van der Waals surface area contributed by atoms with Crippen molar-refractivity contribution in [3.8, 4) is 11.5 Å². The first-order valence-electron chi connectivity index (χ1n) is 13.1. The van der Waals surface area contributed by atoms with Gasteiger partial charge in [0.2, 0.25) is 5.91 Å². The Labute approximate surface area is 230 Å². The van der Waals surface area contributed by atoms with Gasteiger partial charge in [0.15, 0.2) is 11.5 Å². The largest absolute Gasteiger partial charge is 0.493 e. The summed E-state index contributed by atoms with van der Waals surface area (Å²) in [6.07, 6.45) is -0.884. The molecule has 202 valence electrons. The number of ether oxygens (including phenoxy) is 2. The smallest absolute Gasteiger partial charge is 0.221 e. The van der Waals surface area contributed by atoms with Crippen LogP contribution < -0.4 is 15.2 Å². The zero-order valence-electron chi connectivity index (χ0n) is 22.4. The number of amides is 1. The molecular formula is C33H36N2O4. The van der Waals surface area contributed by atoms with E-state index in [0.717, 1.165) is 16.7 Å². The zero-order valence-corrected chi connectivity index (χ0v) is 22.4. The fourth-order valence-electron chi connectivity index (χ4n) is 5.09. The lowest BCUT2D eigenvalue weighted by Gasteiger charge is -2.47. The molecule has 0 aliphatic heterocycles. The molecule has 0 aliphatic rings. The summed E-state index contributed by atoms with van der Waals surface area (Å²) < 4.78 is 11.4. The first kappa shape index (κ1) is 27.9. The minimum absolute atomic E-state index is 0.0380. The first-order chi connectivity index (χ1) is 19.0. The second-order valence-electron chi connectivity index (χ2n) is 9.63. The summed E-state index contributed by atoms with van der Waals surface area (Å²) in [5, 5.41) is 11.4. The predicted octanol–water partition coefficient (Wildman–Crippen LogP) is 4.85. The number of methoxy groups -OCH3 is 1. The number of aliphatic hydroxyl groups is 1. The standard InChI is InChI=1S/C33H36N2O4/c1-25(32(34)37)22-35(23-29(36)24-39-31-21-13-12-20-30(31)38-2)33(26-14-6-3-7-15-26,27-16-8-4-9-17-27)28-18-10-5-11-19-28/h3-21,25,29,36H,22-24H2,1-2H3,(H2,34,37). The molecule has 6 heteroatoms. The average molecular weight is 525 g/mol. The number of aliphatic hydroxyl groups excluding tert-OH is 1. The number of hydrogen-bond acceptors (Lipinski definition) is 5. The number of rotatable bonds is 13. The van der Waals surface area contributed by atoms with Crippen molar-refractivity contribution in [1.82, 2.24) is 4.90 Å². The highest BCUT2D eigenvalue weighted by molar-refractivity contribution is 5.76. The molecule has 0 bridgehead atoms. The predicted molar refractivity (Wildman–Crippen MR) is 154 cm³/mol. The highest BCUT2D eigenvalue weighted by atomic mass is 16.5. The summed E-state index contributed by atoms with van der Waals surface area (Å²) in [7, 11) is 1.58. The molecule has 0 saturated carbocycles. The summed E-state index contributed by atoms with van der Waals surface area (Å²) in [6.45, 7) is 2.39. The van der Waals surface area contributed by atoms with E-state index in [1.54, 1.807) is 13.2 Å². The molecule has 2 atom stereocenters. The number of carbonyl (C=O) groups is 1. The van der Waals surface area contributed by atoms with Gasteiger partial charge < -0.3 is 20.3 Å². The molecule has 4 aromatic carbocycles. The number of benzene rings is 4. The van der Waals surface area contributed by atoms with Crippen LogP contribution in [0.2, 0.25) is 0 Å². The van der Waals surface area contributed by atoms with Crippen LogP contribution >= 0.6 is 0 Å². The van der Waals surface area contributed by atoms with Gasteiger partial charge in [0, 0.05) is 19.0 Å². The van der Waals surface area contributed by atoms with Crippen LogP contribution in [0.3, 0.4) is 0 Å². The highest BCUT2D eigenvalue weighted by Crippen LogP contribution is 2.43. The Hall–Kier alpha value is -4.13. The van der Waals surface area contributed by atoms with Gasteiger partial charge in [0.1, 0.15) is 12.7 Å². The van der Waals surface area contributed by atoms with E-state index in [4.69, 9.17) is 15.2 Å². The molecule has 4 rings (SSSR count). The quantitative estimate of drug-likeness (QED) is 0.244. The van der Waals surface area contributed by atoms with Crippen LogP contribution in [-0.2, 0) is 10.3 Å². The van der Waals surface area contributed by atoms with Crippen molar-refractivity contribution >= 4 is 5.91 Å². The minimum Gasteiger partial charge on any atom is -0.493 e. The van der Waals surface area contributed by atoms with E-state index < -0.39 is 23.5 Å². The number of primary amides is 1. The van der Waals surface area contributed by atoms with Crippen molar-refractivity contribution in [1.29, 1.82) is 0 Å². The molecule has 0 fully saturated rings. The van der Waals surface area contributed by atoms with Crippen molar-refractivity contribution in [2.45, 2.75) is 18.6 Å². The second-order valence-corrected chi connectivity index (χ2v) is 9.63. The summed E-state index contributed by atoms with van der Waals surface area (Å²) >= 11 is 0. The van der Waals surface area contributed by atoms with Crippen molar-refractivity contribution in [2.24, 2.45) is 11.7 Å². The second kappa shape index (κ2) is 13.1. The molecule has 1 amide bonds. The van der Waals surface area contributed by atoms with Gasteiger partial charge in [-0.05, 0) is 28.8 Å². The number of carbonyl (C=O) groups excluding carboxylic acids is 1. The van der Waals surface area contributed by atoms with Crippen molar-refractivity contribution in [2.75, 3.05) is 26.8 Å². The van der Waals surface area contributed by atoms with Gasteiger partial charge in [-0.15, -0.1) is 0 Å². The Morgan fingerprint density at radius 3 is 1.64 bits per heavy atom. The van der Waals surface area contributed by atoms with Crippen LogP contribution in [0.5, 0.6) is 11.5 Å². The molecule has 39 heavy (non-hydrogen) atoms. The Balaban J connectivity index is 1.82. The number of nitrogens with zero attached hydrogens (tertiary/aromatic N) is 1. The van der Waals surface area contributed by atoms with E-state index in [2.05, 4.69) is 41.3 Å². The molecule has 3 N–H and O–H groups in total. The molecule has 0 heterocycles. The van der Waals surface area contributed by atoms with E-state index >= 15 is 0 Å². The van der Waals surface area contributed by atoms with E-state index in [0.29, 0.717) is 18.0 Å². The van der Waals surface area contributed by atoms with E-state index in [1.165, 1.54) is 0 Å². The summed E-state index contributed by atoms with van der Waals surface area (Å²) in [6, 6.07) is 37.8. The van der Waals surface area contributed by atoms with Gasteiger partial charge in [-0.1, -0.05) is 110 Å². The third-order valence-corrected chi connectivity index (χ3v) is 6.96. The van der Waals surface area contributed by atoms with Gasteiger partial charge in [0.25, 0.3) is 0 Å². The molecule has 0 saturated heterocycles.